The Balaban J connectivity index is 2.14. The van der Waals surface area contributed by atoms with E-state index in [2.05, 4.69) is 11.7 Å². The zero-order chi connectivity index (χ0) is 13.2. The van der Waals surface area contributed by atoms with E-state index in [0.717, 1.165) is 16.3 Å². The number of hydrogen-bond acceptors (Lipinski definition) is 3. The molecule has 1 atom stereocenters. The first kappa shape index (κ1) is 11.9. The van der Waals surface area contributed by atoms with Crippen molar-refractivity contribution in [1.82, 2.24) is 4.31 Å². The van der Waals surface area contributed by atoms with Crippen molar-refractivity contribution in [3.63, 3.8) is 0 Å². The minimum absolute atomic E-state index is 0.425. The van der Waals surface area contributed by atoms with Gasteiger partial charge in [0, 0.05) is 5.56 Å². The number of oxime groups is 1. The van der Waals surface area contributed by atoms with E-state index in [1.807, 2.05) is 42.5 Å². The van der Waals surface area contributed by atoms with Gasteiger partial charge in [0.1, 0.15) is 0 Å². The van der Waals surface area contributed by atoms with Crippen LogP contribution >= 0.6 is 0 Å². The number of benzene rings is 2. The second kappa shape index (κ2) is 4.85. The molecule has 1 heterocycles. The van der Waals surface area contributed by atoms with E-state index < -0.39 is 11.3 Å². The molecule has 1 aliphatic heterocycles. The predicted octanol–water partition coefficient (Wildman–Crippen LogP) is 2.60. The highest BCUT2D eigenvalue weighted by atomic mass is 32.2. The Hall–Kier alpha value is -2.14. The van der Waals surface area contributed by atoms with E-state index in [1.165, 1.54) is 0 Å². The quantitative estimate of drug-likeness (QED) is 0.806. The maximum atomic E-state index is 11.7. The summed E-state index contributed by atoms with van der Waals surface area (Å²) in [5.41, 5.74) is 0.908. The highest BCUT2D eigenvalue weighted by Crippen LogP contribution is 2.24. The Bertz CT molecular complexity index is 691. The van der Waals surface area contributed by atoms with Crippen LogP contribution < -0.4 is 0 Å². The monoisotopic (exact) mass is 272 g/mol. The Morgan fingerprint density at radius 1 is 1.26 bits per heavy atom. The van der Waals surface area contributed by atoms with Gasteiger partial charge in [-0.2, -0.15) is 4.21 Å². The highest BCUT2D eigenvalue weighted by Gasteiger charge is 2.28. The standard InChI is InChI=1S/C14H12N2O2S/c1-2-10-16-14(15-18-19(16)17)13-9-5-7-11-6-3-4-8-12(11)13/h2-9H,1,10H2. The molecule has 0 spiro atoms. The third-order valence-electron chi connectivity index (χ3n) is 2.93. The predicted molar refractivity (Wildman–Crippen MR) is 76.6 cm³/mol. The first-order chi connectivity index (χ1) is 9.31. The van der Waals surface area contributed by atoms with Crippen molar-refractivity contribution in [1.29, 1.82) is 0 Å². The molecule has 2 aromatic rings. The Kier molecular flexibility index (Phi) is 3.05. The summed E-state index contributed by atoms with van der Waals surface area (Å²) in [6.07, 6.45) is 1.67. The third kappa shape index (κ3) is 2.02. The fourth-order valence-electron chi connectivity index (χ4n) is 2.09. The maximum Gasteiger partial charge on any atom is 0.341 e. The van der Waals surface area contributed by atoms with Gasteiger partial charge >= 0.3 is 11.3 Å². The summed E-state index contributed by atoms with van der Waals surface area (Å²) in [5.74, 6) is 0.579. The topological polar surface area (TPSA) is 41.9 Å². The van der Waals surface area contributed by atoms with Crippen LogP contribution in [0.15, 0.2) is 60.3 Å². The van der Waals surface area contributed by atoms with Crippen LogP contribution in [0.1, 0.15) is 5.56 Å². The van der Waals surface area contributed by atoms with Crippen molar-refractivity contribution in [2.75, 3.05) is 6.54 Å². The van der Waals surface area contributed by atoms with E-state index in [1.54, 1.807) is 10.4 Å². The lowest BCUT2D eigenvalue weighted by Gasteiger charge is -2.14. The van der Waals surface area contributed by atoms with Crippen LogP contribution in [0.4, 0.5) is 0 Å². The fourth-order valence-corrected chi connectivity index (χ4v) is 2.81. The van der Waals surface area contributed by atoms with Gasteiger partial charge in [-0.3, -0.25) is 4.28 Å². The molecule has 0 fully saturated rings. The van der Waals surface area contributed by atoms with Gasteiger partial charge in [-0.25, -0.2) is 4.31 Å². The molecule has 0 saturated heterocycles. The summed E-state index contributed by atoms with van der Waals surface area (Å²) in [4.78, 5) is 0. The molecule has 2 aromatic carbocycles. The molecule has 4 nitrogen and oxygen atoms in total. The van der Waals surface area contributed by atoms with E-state index in [-0.39, 0.29) is 0 Å². The van der Waals surface area contributed by atoms with Crippen LogP contribution in [0.5, 0.6) is 0 Å². The second-order valence-electron chi connectivity index (χ2n) is 4.08. The SMILES string of the molecule is C=CCN1C(c2cccc3ccccc23)=NOS1=O. The fraction of sp³-hybridized carbons (Fsp3) is 0.0714. The van der Waals surface area contributed by atoms with Crippen LogP contribution in [0.2, 0.25) is 0 Å². The van der Waals surface area contributed by atoms with Crippen LogP contribution in [0.3, 0.4) is 0 Å². The average Bonchev–Trinajstić information content (AvgIpc) is 2.80. The molecule has 19 heavy (non-hydrogen) atoms. The average molecular weight is 272 g/mol. The summed E-state index contributed by atoms with van der Waals surface area (Å²) in [7, 11) is 0. The Labute approximate surface area is 113 Å². The van der Waals surface area contributed by atoms with Crippen LogP contribution in [-0.2, 0) is 15.6 Å². The van der Waals surface area contributed by atoms with Crippen molar-refractivity contribution in [2.24, 2.45) is 5.16 Å². The lowest BCUT2D eigenvalue weighted by atomic mass is 10.0. The van der Waals surface area contributed by atoms with E-state index in [9.17, 15) is 4.21 Å². The summed E-state index contributed by atoms with van der Waals surface area (Å²) < 4.78 is 18.2. The normalized spacial score (nSPS) is 18.2. The van der Waals surface area contributed by atoms with Gasteiger partial charge in [-0.05, 0) is 15.9 Å². The number of amidine groups is 1. The maximum absolute atomic E-state index is 11.7. The molecule has 0 aliphatic carbocycles. The van der Waals surface area contributed by atoms with Gasteiger partial charge in [0.25, 0.3) is 0 Å². The first-order valence-electron chi connectivity index (χ1n) is 5.85. The van der Waals surface area contributed by atoms with Crippen molar-refractivity contribution >= 4 is 27.9 Å². The number of hydrogen-bond donors (Lipinski definition) is 0. The molecule has 0 aromatic heterocycles. The molecule has 5 heteroatoms. The number of rotatable bonds is 3. The molecular weight excluding hydrogens is 260 g/mol. The largest absolute Gasteiger partial charge is 0.341 e. The van der Waals surface area contributed by atoms with Crippen molar-refractivity contribution < 1.29 is 8.49 Å². The van der Waals surface area contributed by atoms with Crippen LogP contribution in [0, 0.1) is 0 Å². The molecule has 0 amide bonds. The lowest BCUT2D eigenvalue weighted by Crippen LogP contribution is -2.29. The van der Waals surface area contributed by atoms with E-state index >= 15 is 0 Å². The summed E-state index contributed by atoms with van der Waals surface area (Å²) in [6.45, 7) is 4.09. The molecule has 0 saturated carbocycles. The van der Waals surface area contributed by atoms with Crippen LogP contribution in [-0.4, -0.2) is 20.9 Å². The third-order valence-corrected chi connectivity index (χ3v) is 3.81. The first-order valence-corrected chi connectivity index (χ1v) is 6.88. The second-order valence-corrected chi connectivity index (χ2v) is 5.11. The van der Waals surface area contributed by atoms with Gasteiger partial charge in [-0.15, -0.1) is 6.58 Å². The summed E-state index contributed by atoms with van der Waals surface area (Å²) in [5, 5.41) is 6.10. The van der Waals surface area contributed by atoms with E-state index in [4.69, 9.17) is 4.28 Å². The minimum atomic E-state index is -1.58. The molecule has 3 rings (SSSR count). The summed E-state index contributed by atoms with van der Waals surface area (Å²) in [6, 6.07) is 13.9. The Morgan fingerprint density at radius 3 is 2.89 bits per heavy atom. The van der Waals surface area contributed by atoms with Crippen molar-refractivity contribution in [3.8, 4) is 0 Å². The van der Waals surface area contributed by atoms with Gasteiger partial charge in [0.05, 0.1) is 6.54 Å². The molecule has 96 valence electrons. The highest BCUT2D eigenvalue weighted by molar-refractivity contribution is 7.78. The van der Waals surface area contributed by atoms with Crippen LogP contribution in [0.25, 0.3) is 10.8 Å². The van der Waals surface area contributed by atoms with Crippen molar-refractivity contribution in [2.45, 2.75) is 0 Å². The molecule has 1 unspecified atom stereocenters. The van der Waals surface area contributed by atoms with Gasteiger partial charge in [0.15, 0.2) is 5.84 Å². The number of fused-ring (bicyclic) bond motifs is 1. The lowest BCUT2D eigenvalue weighted by molar-refractivity contribution is 0.379. The van der Waals surface area contributed by atoms with Gasteiger partial charge in [-0.1, -0.05) is 48.5 Å². The van der Waals surface area contributed by atoms with Crippen molar-refractivity contribution in [3.05, 3.63) is 60.7 Å². The van der Waals surface area contributed by atoms with Gasteiger partial charge < -0.3 is 0 Å². The molecule has 1 aliphatic rings. The molecule has 0 radical (unpaired) electrons. The zero-order valence-corrected chi connectivity index (χ0v) is 11.0. The zero-order valence-electron chi connectivity index (χ0n) is 10.2. The minimum Gasteiger partial charge on any atom is -0.269 e. The summed E-state index contributed by atoms with van der Waals surface area (Å²) >= 11 is -1.58. The van der Waals surface area contributed by atoms with Gasteiger partial charge in [0.2, 0.25) is 0 Å². The number of nitrogens with zero attached hydrogens (tertiary/aromatic N) is 2. The molecule has 0 N–H and O–H groups in total. The Morgan fingerprint density at radius 2 is 2.05 bits per heavy atom. The molecular formula is C14H12N2O2S. The van der Waals surface area contributed by atoms with E-state index in [0.29, 0.717) is 12.4 Å². The molecule has 0 bridgehead atoms. The smallest absolute Gasteiger partial charge is 0.269 e.